The largest absolute Gasteiger partial charge is 0.371 e. The molecule has 0 N–H and O–H groups in total. The van der Waals surface area contributed by atoms with E-state index in [1.165, 1.54) is 11.3 Å². The van der Waals surface area contributed by atoms with Crippen LogP contribution in [0.25, 0.3) is 0 Å². The summed E-state index contributed by atoms with van der Waals surface area (Å²) < 4.78 is 0. The predicted molar refractivity (Wildman–Crippen MR) is 53.4 cm³/mol. The maximum absolute atomic E-state index is 10.6. The van der Waals surface area contributed by atoms with Gasteiger partial charge in [0.25, 0.3) is 0 Å². The summed E-state index contributed by atoms with van der Waals surface area (Å²) in [5.41, 5.74) is 3.39. The van der Waals surface area contributed by atoms with E-state index in [0.717, 1.165) is 31.4 Å². The zero-order chi connectivity index (χ0) is 9.26. The van der Waals surface area contributed by atoms with Crippen LogP contribution >= 0.6 is 0 Å². The average molecular weight is 175 g/mol. The Balaban J connectivity index is 2.42. The molecular formula is C11H13NO. The zero-order valence-electron chi connectivity index (χ0n) is 7.79. The van der Waals surface area contributed by atoms with E-state index in [4.69, 9.17) is 0 Å². The molecular weight excluding hydrogens is 162 g/mol. The van der Waals surface area contributed by atoms with Crippen LogP contribution in [0.3, 0.4) is 0 Å². The summed E-state index contributed by atoms with van der Waals surface area (Å²) in [6.07, 6.45) is 2.02. The summed E-state index contributed by atoms with van der Waals surface area (Å²) in [4.78, 5) is 12.9. The molecule has 1 aliphatic heterocycles. The van der Waals surface area contributed by atoms with Gasteiger partial charge in [0.05, 0.1) is 0 Å². The average Bonchev–Trinajstić information content (AvgIpc) is 2.59. The first kappa shape index (κ1) is 8.30. The number of rotatable bonds is 2. The molecule has 2 heteroatoms. The first-order valence-electron chi connectivity index (χ1n) is 4.68. The van der Waals surface area contributed by atoms with E-state index in [9.17, 15) is 4.79 Å². The number of aldehydes is 1. The van der Waals surface area contributed by atoms with Crippen molar-refractivity contribution < 1.29 is 4.79 Å². The normalized spacial score (nSPS) is 14.4. The lowest BCUT2D eigenvalue weighted by molar-refractivity contribution is 0.112. The Bertz CT molecular complexity index is 333. The van der Waals surface area contributed by atoms with Gasteiger partial charge in [0.15, 0.2) is 0 Å². The number of anilines is 1. The number of carbonyl (C=O) groups excluding carboxylic acids is 1. The van der Waals surface area contributed by atoms with Crippen LogP contribution in [0.4, 0.5) is 5.69 Å². The highest BCUT2D eigenvalue weighted by Crippen LogP contribution is 2.27. The Kier molecular flexibility index (Phi) is 2.05. The van der Waals surface area contributed by atoms with Crippen LogP contribution < -0.4 is 4.90 Å². The van der Waals surface area contributed by atoms with Crippen molar-refractivity contribution in [2.45, 2.75) is 13.3 Å². The summed E-state index contributed by atoms with van der Waals surface area (Å²) in [5.74, 6) is 0. The molecule has 68 valence electrons. The fraction of sp³-hybridized carbons (Fsp3) is 0.364. The summed E-state index contributed by atoms with van der Waals surface area (Å²) in [5, 5.41) is 0. The molecule has 0 fully saturated rings. The van der Waals surface area contributed by atoms with Crippen LogP contribution in [0, 0.1) is 0 Å². The van der Waals surface area contributed by atoms with E-state index in [1.807, 2.05) is 12.1 Å². The lowest BCUT2D eigenvalue weighted by Gasteiger charge is -2.16. The van der Waals surface area contributed by atoms with Crippen molar-refractivity contribution >= 4 is 12.0 Å². The third kappa shape index (κ3) is 1.32. The molecule has 0 radical (unpaired) electrons. The van der Waals surface area contributed by atoms with Gasteiger partial charge < -0.3 is 4.90 Å². The second-order valence-electron chi connectivity index (χ2n) is 3.34. The molecule has 0 bridgehead atoms. The molecule has 1 heterocycles. The molecule has 1 aromatic rings. The number of fused-ring (bicyclic) bond motifs is 1. The number of carbonyl (C=O) groups is 1. The maximum Gasteiger partial charge on any atom is 0.150 e. The van der Waals surface area contributed by atoms with E-state index in [1.54, 1.807) is 0 Å². The van der Waals surface area contributed by atoms with Gasteiger partial charge >= 0.3 is 0 Å². The molecule has 1 aliphatic rings. The second-order valence-corrected chi connectivity index (χ2v) is 3.34. The van der Waals surface area contributed by atoms with Crippen molar-refractivity contribution in [1.29, 1.82) is 0 Å². The molecule has 0 spiro atoms. The van der Waals surface area contributed by atoms with E-state index in [-0.39, 0.29) is 0 Å². The van der Waals surface area contributed by atoms with Gasteiger partial charge in [-0.25, -0.2) is 0 Å². The van der Waals surface area contributed by atoms with Crippen LogP contribution in [-0.2, 0) is 6.42 Å². The Morgan fingerprint density at radius 3 is 3.08 bits per heavy atom. The highest BCUT2D eigenvalue weighted by atomic mass is 16.1. The fourth-order valence-corrected chi connectivity index (χ4v) is 1.86. The molecule has 0 unspecified atom stereocenters. The number of hydrogen-bond acceptors (Lipinski definition) is 2. The minimum absolute atomic E-state index is 0.777. The Labute approximate surface area is 78.2 Å². The van der Waals surface area contributed by atoms with Gasteiger partial charge in [0, 0.05) is 24.3 Å². The van der Waals surface area contributed by atoms with Gasteiger partial charge in [-0.2, -0.15) is 0 Å². The van der Waals surface area contributed by atoms with Gasteiger partial charge in [0.1, 0.15) is 6.29 Å². The molecule has 0 saturated heterocycles. The monoisotopic (exact) mass is 175 g/mol. The number of hydrogen-bond donors (Lipinski definition) is 0. The van der Waals surface area contributed by atoms with Crippen molar-refractivity contribution in [2.75, 3.05) is 18.0 Å². The smallest absolute Gasteiger partial charge is 0.150 e. The van der Waals surface area contributed by atoms with Crippen LogP contribution in [-0.4, -0.2) is 19.4 Å². The van der Waals surface area contributed by atoms with E-state index < -0.39 is 0 Å². The van der Waals surface area contributed by atoms with Gasteiger partial charge in [0.2, 0.25) is 0 Å². The van der Waals surface area contributed by atoms with Crippen LogP contribution in [0.2, 0.25) is 0 Å². The predicted octanol–water partition coefficient (Wildman–Crippen LogP) is 1.88. The first-order valence-corrected chi connectivity index (χ1v) is 4.68. The first-order chi connectivity index (χ1) is 6.35. The molecule has 0 aliphatic carbocycles. The topological polar surface area (TPSA) is 20.3 Å². The van der Waals surface area contributed by atoms with E-state index in [2.05, 4.69) is 17.9 Å². The quantitative estimate of drug-likeness (QED) is 0.640. The maximum atomic E-state index is 10.6. The van der Waals surface area contributed by atoms with Crippen LogP contribution in [0.15, 0.2) is 18.2 Å². The summed E-state index contributed by atoms with van der Waals surface area (Å²) >= 11 is 0. The minimum atomic E-state index is 0.777. The van der Waals surface area contributed by atoms with E-state index >= 15 is 0 Å². The molecule has 13 heavy (non-hydrogen) atoms. The van der Waals surface area contributed by atoms with Crippen molar-refractivity contribution in [1.82, 2.24) is 0 Å². The molecule has 2 nitrogen and oxygen atoms in total. The van der Waals surface area contributed by atoms with Crippen molar-refractivity contribution in [3.8, 4) is 0 Å². The third-order valence-electron chi connectivity index (χ3n) is 2.62. The summed E-state index contributed by atoms with van der Waals surface area (Å²) in [7, 11) is 0. The number of benzene rings is 1. The lowest BCUT2D eigenvalue weighted by atomic mass is 10.1. The molecule has 0 saturated carbocycles. The third-order valence-corrected chi connectivity index (χ3v) is 2.62. The summed E-state index contributed by atoms with van der Waals surface area (Å²) in [6.45, 7) is 4.26. The SMILES string of the molecule is CCN1CCc2ccc(C=O)cc21. The van der Waals surface area contributed by atoms with Gasteiger partial charge in [-0.1, -0.05) is 12.1 Å². The molecule has 0 amide bonds. The lowest BCUT2D eigenvalue weighted by Crippen LogP contribution is -2.19. The van der Waals surface area contributed by atoms with Gasteiger partial charge in [-0.05, 0) is 25.0 Å². The number of likely N-dealkylation sites (N-methyl/N-ethyl adjacent to an activating group) is 1. The Morgan fingerprint density at radius 1 is 1.54 bits per heavy atom. The standard InChI is InChI=1S/C11H13NO/c1-2-12-6-5-10-4-3-9(8-13)7-11(10)12/h3-4,7-8H,2,5-6H2,1H3. The number of nitrogens with zero attached hydrogens (tertiary/aromatic N) is 1. The van der Waals surface area contributed by atoms with Gasteiger partial charge in [-0.15, -0.1) is 0 Å². The fourth-order valence-electron chi connectivity index (χ4n) is 1.86. The molecule has 0 aromatic heterocycles. The molecule has 1 aromatic carbocycles. The van der Waals surface area contributed by atoms with Crippen molar-refractivity contribution in [2.24, 2.45) is 0 Å². The second kappa shape index (κ2) is 3.21. The highest BCUT2D eigenvalue weighted by molar-refractivity contribution is 5.78. The Hall–Kier alpha value is -1.31. The van der Waals surface area contributed by atoms with Crippen LogP contribution in [0.5, 0.6) is 0 Å². The molecule has 0 atom stereocenters. The Morgan fingerprint density at radius 2 is 2.38 bits per heavy atom. The molecule has 2 rings (SSSR count). The van der Waals surface area contributed by atoms with Crippen molar-refractivity contribution in [3.05, 3.63) is 29.3 Å². The minimum Gasteiger partial charge on any atom is -0.371 e. The highest BCUT2D eigenvalue weighted by Gasteiger charge is 2.17. The zero-order valence-corrected chi connectivity index (χ0v) is 7.79. The van der Waals surface area contributed by atoms with Gasteiger partial charge in [-0.3, -0.25) is 4.79 Å². The van der Waals surface area contributed by atoms with Crippen molar-refractivity contribution in [3.63, 3.8) is 0 Å². The van der Waals surface area contributed by atoms with Crippen LogP contribution in [0.1, 0.15) is 22.8 Å². The summed E-state index contributed by atoms with van der Waals surface area (Å²) in [6, 6.07) is 5.94. The van der Waals surface area contributed by atoms with E-state index in [0.29, 0.717) is 0 Å².